The van der Waals surface area contributed by atoms with Crippen molar-refractivity contribution in [2.75, 3.05) is 13.7 Å². The van der Waals surface area contributed by atoms with E-state index in [1.165, 1.54) is 43.9 Å². The van der Waals surface area contributed by atoms with E-state index in [4.69, 9.17) is 9.47 Å². The van der Waals surface area contributed by atoms with Crippen molar-refractivity contribution in [1.29, 1.82) is 0 Å². The topological polar surface area (TPSA) is 52.6 Å². The Bertz CT molecular complexity index is 1530. The monoisotopic (exact) mass is 798 g/mol. The van der Waals surface area contributed by atoms with Crippen molar-refractivity contribution < 1.29 is 19.1 Å². The summed E-state index contributed by atoms with van der Waals surface area (Å²) in [5, 5.41) is 0. The van der Waals surface area contributed by atoms with Crippen LogP contribution in [-0.2, 0) is 14.3 Å². The van der Waals surface area contributed by atoms with Gasteiger partial charge in [0.1, 0.15) is 0 Å². The average Bonchev–Trinajstić information content (AvgIpc) is 3.36. The summed E-state index contributed by atoms with van der Waals surface area (Å²) in [7, 11) is 1.44. The molecule has 49 heavy (non-hydrogen) atoms. The van der Waals surface area contributed by atoms with Crippen LogP contribution < -0.4 is 0 Å². The van der Waals surface area contributed by atoms with Gasteiger partial charge in [0.05, 0.1) is 27.9 Å². The number of esters is 2. The third-order valence-corrected chi connectivity index (χ3v) is 19.3. The van der Waals surface area contributed by atoms with E-state index in [2.05, 4.69) is 98.5 Å². The van der Waals surface area contributed by atoms with Crippen LogP contribution in [0.4, 0.5) is 0 Å². The van der Waals surface area contributed by atoms with Gasteiger partial charge in [-0.3, -0.25) is 4.79 Å². The molecule has 7 rings (SSSR count). The first-order valence-corrected chi connectivity index (χ1v) is 21.0. The molecule has 5 saturated carbocycles. The Morgan fingerprint density at radius 1 is 0.816 bits per heavy atom. The number of allylic oxidation sites excluding steroid dienone is 2. The van der Waals surface area contributed by atoms with Gasteiger partial charge in [-0.2, -0.15) is 0 Å². The third-order valence-electron chi connectivity index (χ3n) is 16.9. The predicted molar refractivity (Wildman–Crippen MR) is 204 cm³/mol. The lowest BCUT2D eigenvalue weighted by molar-refractivity contribution is -0.231. The number of benzene rings is 1. The van der Waals surface area contributed by atoms with Crippen LogP contribution in [0.25, 0.3) is 5.57 Å². The molecule has 10 atom stereocenters. The van der Waals surface area contributed by atoms with Gasteiger partial charge in [-0.05, 0) is 151 Å². The fraction of sp³-hybridized carbons (Fsp3) is 0.767. The van der Waals surface area contributed by atoms with Crippen molar-refractivity contribution in [1.82, 2.24) is 0 Å². The minimum Gasteiger partial charge on any atom is -0.465 e. The maximum absolute atomic E-state index is 14.3. The molecule has 0 N–H and O–H groups in total. The minimum absolute atomic E-state index is 0.0162. The van der Waals surface area contributed by atoms with Crippen molar-refractivity contribution in [3.05, 3.63) is 41.5 Å². The number of halogens is 2. The van der Waals surface area contributed by atoms with Gasteiger partial charge >= 0.3 is 11.9 Å². The van der Waals surface area contributed by atoms with Gasteiger partial charge in [-0.1, -0.05) is 105 Å². The quantitative estimate of drug-likeness (QED) is 0.157. The number of fused-ring (bicyclic) bond motifs is 7. The summed E-state index contributed by atoms with van der Waals surface area (Å²) in [4.78, 5) is 26.5. The van der Waals surface area contributed by atoms with E-state index in [9.17, 15) is 9.59 Å². The molecule has 5 fully saturated rings. The van der Waals surface area contributed by atoms with Gasteiger partial charge in [-0.15, -0.1) is 0 Å². The van der Waals surface area contributed by atoms with Gasteiger partial charge in [0.2, 0.25) is 0 Å². The van der Waals surface area contributed by atoms with Gasteiger partial charge in [0, 0.05) is 0 Å². The molecule has 1 aromatic carbocycles. The summed E-state index contributed by atoms with van der Waals surface area (Å²) in [5.41, 5.74) is 3.74. The zero-order valence-corrected chi connectivity index (χ0v) is 34.5. The lowest BCUT2D eigenvalue weighted by Gasteiger charge is -2.72. The maximum Gasteiger partial charge on any atom is 0.337 e. The van der Waals surface area contributed by atoms with Crippen LogP contribution in [0.1, 0.15) is 141 Å². The fourth-order valence-electron chi connectivity index (χ4n) is 13.9. The Labute approximate surface area is 312 Å². The molecule has 6 heteroatoms. The maximum atomic E-state index is 14.3. The average molecular weight is 801 g/mol. The van der Waals surface area contributed by atoms with Gasteiger partial charge < -0.3 is 9.47 Å². The highest BCUT2D eigenvalue weighted by atomic mass is 79.9. The van der Waals surface area contributed by atoms with Crippen LogP contribution in [-0.4, -0.2) is 28.9 Å². The van der Waals surface area contributed by atoms with Crippen molar-refractivity contribution in [3.63, 3.8) is 0 Å². The zero-order chi connectivity index (χ0) is 35.4. The van der Waals surface area contributed by atoms with E-state index in [1.54, 1.807) is 0 Å². The molecule has 0 amide bonds. The highest BCUT2D eigenvalue weighted by molar-refractivity contribution is 9.25. The second-order valence-electron chi connectivity index (χ2n) is 18.9. The predicted octanol–water partition coefficient (Wildman–Crippen LogP) is 11.8. The van der Waals surface area contributed by atoms with Gasteiger partial charge in [-0.25, -0.2) is 4.79 Å². The number of unbranched alkanes of at least 4 members (excludes halogenated alkanes) is 1. The Hall–Kier alpha value is -1.14. The number of alkyl halides is 2. The Morgan fingerprint density at radius 2 is 1.49 bits per heavy atom. The summed E-state index contributed by atoms with van der Waals surface area (Å²) >= 11 is 8.15. The zero-order valence-electron chi connectivity index (χ0n) is 31.4. The number of carbonyl (C=O) groups excluding carboxylic acids is 2. The second kappa shape index (κ2) is 11.9. The molecule has 0 bridgehead atoms. The normalized spacial score (nSPS) is 44.4. The van der Waals surface area contributed by atoms with Crippen LogP contribution in [0.5, 0.6) is 0 Å². The van der Waals surface area contributed by atoms with Crippen molar-refractivity contribution >= 4 is 49.4 Å². The molecule has 6 aliphatic carbocycles. The standard InChI is InChI=1S/C43H60Br2O4/c1-9-10-25-49-36(47)42-22-18-31(41(7)26-43(41,44)45)34(42)30-15-16-33-38(4)20-17-29(27-11-13-28(14-12-27)35(46)48-8)37(2,3)32(38)19-21-40(33,6)39(30,5)23-24-42/h11-14,17,30-34H,9-10,15-16,18-26H2,1-8H3/t30-,31-,32+,33-,34+,38+,39-,40-,41?,42+/m1/s1. The highest BCUT2D eigenvalue weighted by Gasteiger charge is 2.76. The van der Waals surface area contributed by atoms with Crippen LogP contribution >= 0.6 is 31.9 Å². The first-order chi connectivity index (χ1) is 23.0. The van der Waals surface area contributed by atoms with Gasteiger partial charge in [0.15, 0.2) is 0 Å². The first kappa shape index (κ1) is 36.2. The van der Waals surface area contributed by atoms with E-state index in [0.29, 0.717) is 41.8 Å². The number of hydrogen-bond acceptors (Lipinski definition) is 4. The third kappa shape index (κ3) is 4.96. The van der Waals surface area contributed by atoms with E-state index >= 15 is 0 Å². The van der Waals surface area contributed by atoms with Crippen LogP contribution in [0.3, 0.4) is 0 Å². The van der Waals surface area contributed by atoms with E-state index in [0.717, 1.165) is 51.4 Å². The van der Waals surface area contributed by atoms with Crippen LogP contribution in [0.15, 0.2) is 30.3 Å². The van der Waals surface area contributed by atoms with Crippen LogP contribution in [0.2, 0.25) is 0 Å². The number of carbonyl (C=O) groups is 2. The van der Waals surface area contributed by atoms with Crippen LogP contribution in [0, 0.1) is 62.1 Å². The summed E-state index contributed by atoms with van der Waals surface area (Å²) in [6.45, 7) is 18.2. The molecule has 270 valence electrons. The molecular weight excluding hydrogens is 740 g/mol. The van der Waals surface area contributed by atoms with E-state index < -0.39 is 0 Å². The molecular formula is C43H60Br2O4. The highest BCUT2D eigenvalue weighted by Crippen LogP contribution is 2.81. The lowest BCUT2D eigenvalue weighted by atomic mass is 9.32. The minimum atomic E-state index is -0.331. The molecule has 0 aromatic heterocycles. The van der Waals surface area contributed by atoms with E-state index in [1.807, 2.05) is 12.1 Å². The molecule has 1 aromatic rings. The molecule has 4 nitrogen and oxygen atoms in total. The molecule has 0 heterocycles. The van der Waals surface area contributed by atoms with Crippen molar-refractivity contribution in [3.8, 4) is 0 Å². The lowest BCUT2D eigenvalue weighted by Crippen LogP contribution is -2.66. The Morgan fingerprint density at radius 3 is 2.12 bits per heavy atom. The fourth-order valence-corrected chi connectivity index (χ4v) is 15.7. The summed E-state index contributed by atoms with van der Waals surface area (Å²) < 4.78 is 11.1. The van der Waals surface area contributed by atoms with E-state index in [-0.39, 0.29) is 47.7 Å². The molecule has 0 aliphatic heterocycles. The number of ether oxygens (including phenoxy) is 2. The number of rotatable bonds is 7. The summed E-state index contributed by atoms with van der Waals surface area (Å²) in [6.07, 6.45) is 16.0. The molecule has 0 spiro atoms. The summed E-state index contributed by atoms with van der Waals surface area (Å²) in [6, 6.07) is 8.08. The Kier molecular flexibility index (Phi) is 8.83. The second-order valence-corrected chi connectivity index (χ2v) is 22.7. The van der Waals surface area contributed by atoms with Gasteiger partial charge in [0.25, 0.3) is 0 Å². The first-order valence-electron chi connectivity index (χ1n) is 19.4. The SMILES string of the molecule is CCCCOC(=O)[C@]12CC[C@@H](C3(C)CC3(Br)Br)[C@@H]1[C@H]1CC[C@@H]3[C@@]4(C)CC=C(c5ccc(C(=O)OC)cc5)C(C)(C)[C@@H]4CC[C@@]3(C)[C@]1(C)CC2. The smallest absolute Gasteiger partial charge is 0.337 e. The summed E-state index contributed by atoms with van der Waals surface area (Å²) in [5.74, 6) is 2.52. The van der Waals surface area contributed by atoms with Crippen molar-refractivity contribution in [2.45, 2.75) is 129 Å². The Balaban J connectivity index is 1.22. The molecule has 6 aliphatic rings. The largest absolute Gasteiger partial charge is 0.465 e. The molecule has 1 unspecified atom stereocenters. The molecule has 0 saturated heterocycles. The number of methoxy groups -OCH3 is 1. The number of hydrogen-bond donors (Lipinski definition) is 0. The molecule has 0 radical (unpaired) electrons. The van der Waals surface area contributed by atoms with Crippen molar-refractivity contribution in [2.24, 2.45) is 62.1 Å².